The first kappa shape index (κ1) is 22.4. The van der Waals surface area contributed by atoms with Crippen LogP contribution in [0.1, 0.15) is 21.6 Å². The Morgan fingerprint density at radius 1 is 0.969 bits per heavy atom. The van der Waals surface area contributed by atoms with E-state index in [1.807, 2.05) is 36.0 Å². The average Bonchev–Trinajstić information content (AvgIpc) is 3.23. The molecule has 2 N–H and O–H groups in total. The average molecular weight is 432 g/mol. The Kier molecular flexibility index (Phi) is 7.42. The number of aryl methyl sites for hydroxylation is 1. The largest absolute Gasteiger partial charge is 0.493 e. The van der Waals surface area contributed by atoms with Gasteiger partial charge in [-0.3, -0.25) is 9.59 Å². The summed E-state index contributed by atoms with van der Waals surface area (Å²) in [6, 6.07) is 17.5. The highest BCUT2D eigenvalue weighted by Crippen LogP contribution is 2.28. The lowest BCUT2D eigenvalue weighted by atomic mass is 10.1. The molecule has 0 unspecified atom stereocenters. The first-order chi connectivity index (χ1) is 15.5. The number of nitrogens with zero attached hydrogens (tertiary/aromatic N) is 2. The molecule has 0 saturated carbocycles. The quantitative estimate of drug-likeness (QED) is 0.325. The summed E-state index contributed by atoms with van der Waals surface area (Å²) in [5.41, 5.74) is 4.34. The summed E-state index contributed by atoms with van der Waals surface area (Å²) in [5, 5.41) is 6.66. The van der Waals surface area contributed by atoms with Crippen LogP contribution in [0.2, 0.25) is 0 Å². The maximum Gasteiger partial charge on any atom is 0.287 e. The van der Waals surface area contributed by atoms with Crippen LogP contribution in [0.4, 0.5) is 0 Å². The Morgan fingerprint density at radius 2 is 1.72 bits per heavy atom. The Balaban J connectivity index is 1.87. The van der Waals surface area contributed by atoms with Crippen LogP contribution < -0.4 is 20.2 Å². The zero-order valence-corrected chi connectivity index (χ0v) is 18.0. The van der Waals surface area contributed by atoms with Crippen molar-refractivity contribution in [3.8, 4) is 11.5 Å². The molecule has 0 atom stereocenters. The molecule has 0 bridgehead atoms. The van der Waals surface area contributed by atoms with Crippen LogP contribution >= 0.6 is 0 Å². The van der Waals surface area contributed by atoms with E-state index in [1.165, 1.54) is 26.5 Å². The van der Waals surface area contributed by atoms with Gasteiger partial charge in [-0.05, 0) is 48.0 Å². The molecule has 0 aliphatic carbocycles. The zero-order valence-electron chi connectivity index (χ0n) is 18.0. The normalized spacial score (nSPS) is 11.3. The molecule has 0 radical (unpaired) electrons. The number of hydrogen-bond donors (Lipinski definition) is 2. The standard InChI is InChI=1S/C24H24N4O4/c1-28-13-7-10-19(28)16-25-27-24(30)20(26-23(29)18-8-5-4-6-9-18)14-17-11-12-21(31-2)22(15-17)32-3/h4-16H,1-3H3,(H,26,29)(H,27,30). The fourth-order valence-electron chi connectivity index (χ4n) is 2.88. The van der Waals surface area contributed by atoms with Crippen LogP contribution in [-0.2, 0) is 11.8 Å². The maximum absolute atomic E-state index is 12.8. The highest BCUT2D eigenvalue weighted by Gasteiger charge is 2.15. The molecule has 3 rings (SSSR count). The van der Waals surface area contributed by atoms with E-state index in [0.29, 0.717) is 22.6 Å². The minimum Gasteiger partial charge on any atom is -0.493 e. The van der Waals surface area contributed by atoms with E-state index in [9.17, 15) is 9.59 Å². The first-order valence-corrected chi connectivity index (χ1v) is 9.76. The van der Waals surface area contributed by atoms with Crippen molar-refractivity contribution in [1.82, 2.24) is 15.3 Å². The third-order valence-corrected chi connectivity index (χ3v) is 4.59. The lowest BCUT2D eigenvalue weighted by Crippen LogP contribution is -2.32. The molecular formula is C24H24N4O4. The highest BCUT2D eigenvalue weighted by molar-refractivity contribution is 6.05. The molecule has 3 aromatic rings. The summed E-state index contributed by atoms with van der Waals surface area (Å²) < 4.78 is 12.4. The van der Waals surface area contributed by atoms with Gasteiger partial charge < -0.3 is 19.4 Å². The SMILES string of the molecule is COc1ccc(C=C(NC(=O)c2ccccc2)C(=O)NN=Cc2cccn2C)cc1OC. The van der Waals surface area contributed by atoms with E-state index in [4.69, 9.17) is 9.47 Å². The van der Waals surface area contributed by atoms with Gasteiger partial charge in [0.2, 0.25) is 0 Å². The third-order valence-electron chi connectivity index (χ3n) is 4.59. The van der Waals surface area contributed by atoms with E-state index in [-0.39, 0.29) is 5.70 Å². The molecule has 1 aromatic heterocycles. The highest BCUT2D eigenvalue weighted by atomic mass is 16.5. The van der Waals surface area contributed by atoms with E-state index in [0.717, 1.165) is 5.69 Å². The Morgan fingerprint density at radius 3 is 2.38 bits per heavy atom. The van der Waals surface area contributed by atoms with Crippen LogP contribution in [0.5, 0.6) is 11.5 Å². The number of amides is 2. The monoisotopic (exact) mass is 432 g/mol. The number of rotatable bonds is 8. The lowest BCUT2D eigenvalue weighted by Gasteiger charge is -2.11. The molecule has 0 aliphatic heterocycles. The molecule has 2 aromatic carbocycles. The summed E-state index contributed by atoms with van der Waals surface area (Å²) in [7, 11) is 4.93. The van der Waals surface area contributed by atoms with Gasteiger partial charge in [0.25, 0.3) is 11.8 Å². The summed E-state index contributed by atoms with van der Waals surface area (Å²) in [6.07, 6.45) is 4.92. The van der Waals surface area contributed by atoms with E-state index in [2.05, 4.69) is 15.8 Å². The molecule has 8 heteroatoms. The van der Waals surface area contributed by atoms with E-state index >= 15 is 0 Å². The molecule has 0 saturated heterocycles. The molecule has 0 aliphatic rings. The number of ether oxygens (including phenoxy) is 2. The number of hydrazone groups is 1. The molecular weight excluding hydrogens is 408 g/mol. The van der Waals surface area contributed by atoms with Crippen molar-refractivity contribution in [1.29, 1.82) is 0 Å². The summed E-state index contributed by atoms with van der Waals surface area (Å²) in [4.78, 5) is 25.5. The van der Waals surface area contributed by atoms with Crippen LogP contribution in [0.25, 0.3) is 6.08 Å². The minimum atomic E-state index is -0.575. The number of methoxy groups -OCH3 is 2. The fourth-order valence-corrected chi connectivity index (χ4v) is 2.88. The molecule has 2 amide bonds. The van der Waals surface area contributed by atoms with Gasteiger partial charge in [-0.1, -0.05) is 24.3 Å². The maximum atomic E-state index is 12.8. The van der Waals surface area contributed by atoms with Gasteiger partial charge in [0.05, 0.1) is 26.1 Å². The molecule has 0 fully saturated rings. The Labute approximate surface area is 186 Å². The topological polar surface area (TPSA) is 94.0 Å². The first-order valence-electron chi connectivity index (χ1n) is 9.76. The second kappa shape index (κ2) is 10.6. The van der Waals surface area contributed by atoms with Gasteiger partial charge in [-0.2, -0.15) is 5.10 Å². The second-order valence-corrected chi connectivity index (χ2v) is 6.74. The summed E-state index contributed by atoms with van der Waals surface area (Å²) in [6.45, 7) is 0. The van der Waals surface area contributed by atoms with Crippen molar-refractivity contribution in [2.24, 2.45) is 12.1 Å². The predicted molar refractivity (Wildman–Crippen MR) is 123 cm³/mol. The predicted octanol–water partition coefficient (Wildman–Crippen LogP) is 2.96. The van der Waals surface area contributed by atoms with Gasteiger partial charge >= 0.3 is 0 Å². The van der Waals surface area contributed by atoms with Crippen molar-refractivity contribution >= 4 is 24.1 Å². The summed E-state index contributed by atoms with van der Waals surface area (Å²) in [5.74, 6) is 0.0571. The van der Waals surface area contributed by atoms with E-state index in [1.54, 1.807) is 42.5 Å². The van der Waals surface area contributed by atoms with Crippen molar-refractivity contribution in [3.05, 3.63) is 89.4 Å². The smallest absolute Gasteiger partial charge is 0.287 e. The minimum absolute atomic E-state index is 0.0232. The van der Waals surface area contributed by atoms with Gasteiger partial charge in [0.15, 0.2) is 11.5 Å². The van der Waals surface area contributed by atoms with Gasteiger partial charge in [0.1, 0.15) is 5.70 Å². The summed E-state index contributed by atoms with van der Waals surface area (Å²) >= 11 is 0. The zero-order chi connectivity index (χ0) is 22.9. The van der Waals surface area contributed by atoms with E-state index < -0.39 is 11.8 Å². The van der Waals surface area contributed by atoms with Crippen LogP contribution in [0.3, 0.4) is 0 Å². The second-order valence-electron chi connectivity index (χ2n) is 6.74. The lowest BCUT2D eigenvalue weighted by molar-refractivity contribution is -0.117. The van der Waals surface area contributed by atoms with Crippen LogP contribution in [-0.4, -0.2) is 36.8 Å². The molecule has 0 spiro atoms. The number of benzene rings is 2. The van der Waals surface area contributed by atoms with Crippen LogP contribution in [0.15, 0.2) is 77.7 Å². The molecule has 32 heavy (non-hydrogen) atoms. The Hall–Kier alpha value is -4.33. The molecule has 8 nitrogen and oxygen atoms in total. The number of carbonyl (C=O) groups excluding carboxylic acids is 2. The fraction of sp³-hybridized carbons (Fsp3) is 0.125. The number of carbonyl (C=O) groups is 2. The molecule has 164 valence electrons. The van der Waals surface area contributed by atoms with Crippen molar-refractivity contribution < 1.29 is 19.1 Å². The number of nitrogens with one attached hydrogen (secondary N) is 2. The number of hydrogen-bond acceptors (Lipinski definition) is 5. The van der Waals surface area contributed by atoms with Gasteiger partial charge in [-0.15, -0.1) is 0 Å². The van der Waals surface area contributed by atoms with Crippen molar-refractivity contribution in [2.75, 3.05) is 14.2 Å². The van der Waals surface area contributed by atoms with Gasteiger partial charge in [0, 0.05) is 18.8 Å². The van der Waals surface area contributed by atoms with Crippen molar-refractivity contribution in [3.63, 3.8) is 0 Å². The number of aromatic nitrogens is 1. The molecule has 1 heterocycles. The third kappa shape index (κ3) is 5.63. The van der Waals surface area contributed by atoms with Crippen molar-refractivity contribution in [2.45, 2.75) is 0 Å². The van der Waals surface area contributed by atoms with Gasteiger partial charge in [-0.25, -0.2) is 5.43 Å². The van der Waals surface area contributed by atoms with Crippen LogP contribution in [0, 0.1) is 0 Å². The Bertz CT molecular complexity index is 1150.